The van der Waals surface area contributed by atoms with Crippen LogP contribution in [0.4, 0.5) is 4.39 Å². The van der Waals surface area contributed by atoms with Gasteiger partial charge < -0.3 is 5.32 Å². The lowest BCUT2D eigenvalue weighted by atomic mass is 10.1. The van der Waals surface area contributed by atoms with Gasteiger partial charge in [0.1, 0.15) is 5.82 Å². The Balaban J connectivity index is 1.75. The second-order valence-corrected chi connectivity index (χ2v) is 7.20. The van der Waals surface area contributed by atoms with E-state index in [2.05, 4.69) is 5.32 Å². The monoisotopic (exact) mass is 365 g/mol. The van der Waals surface area contributed by atoms with Crippen molar-refractivity contribution in [3.8, 4) is 0 Å². The van der Waals surface area contributed by atoms with Gasteiger partial charge in [-0.25, -0.2) is 4.39 Å². The van der Waals surface area contributed by atoms with Gasteiger partial charge in [0.05, 0.1) is 5.25 Å². The first-order valence-electron chi connectivity index (χ1n) is 8.03. The van der Waals surface area contributed by atoms with Crippen LogP contribution in [0.25, 0.3) is 0 Å². The third-order valence-corrected chi connectivity index (χ3v) is 5.24. The van der Waals surface area contributed by atoms with Crippen molar-refractivity contribution in [2.75, 3.05) is 6.54 Å². The molecule has 0 aromatic heterocycles. The molecule has 2 aromatic carbocycles. The number of hydrogen-bond acceptors (Lipinski definition) is 2. The fraction of sp³-hybridized carbons (Fsp3) is 0.316. The molecule has 0 heterocycles. The molecule has 24 heavy (non-hydrogen) atoms. The van der Waals surface area contributed by atoms with Crippen molar-refractivity contribution in [1.82, 2.24) is 5.32 Å². The van der Waals surface area contributed by atoms with Crippen LogP contribution in [0.2, 0.25) is 5.02 Å². The Morgan fingerprint density at radius 1 is 1.17 bits per heavy atom. The third-order valence-electron chi connectivity index (χ3n) is 3.61. The number of benzene rings is 2. The number of rotatable bonds is 8. The predicted octanol–water partition coefficient (Wildman–Crippen LogP) is 5.10. The minimum atomic E-state index is -0.225. The maximum atomic E-state index is 12.8. The number of nitrogens with one attached hydrogen (secondary N) is 1. The Labute approximate surface area is 151 Å². The predicted molar refractivity (Wildman–Crippen MR) is 99.1 cm³/mol. The normalized spacial score (nSPS) is 12.0. The molecule has 0 bridgehead atoms. The van der Waals surface area contributed by atoms with Crippen LogP contribution in [0.5, 0.6) is 0 Å². The largest absolute Gasteiger partial charge is 0.355 e. The van der Waals surface area contributed by atoms with Crippen LogP contribution in [-0.4, -0.2) is 17.7 Å². The summed E-state index contributed by atoms with van der Waals surface area (Å²) in [6.45, 7) is 2.62. The summed E-state index contributed by atoms with van der Waals surface area (Å²) in [7, 11) is 0. The minimum absolute atomic E-state index is 0.0524. The fourth-order valence-corrected chi connectivity index (χ4v) is 3.37. The number of hydrogen-bond donors (Lipinski definition) is 1. The van der Waals surface area contributed by atoms with Gasteiger partial charge >= 0.3 is 0 Å². The summed E-state index contributed by atoms with van der Waals surface area (Å²) in [6.07, 6.45) is 2.41. The molecule has 0 unspecified atom stereocenters. The Morgan fingerprint density at radius 2 is 1.83 bits per heavy atom. The van der Waals surface area contributed by atoms with E-state index in [1.54, 1.807) is 23.9 Å². The van der Waals surface area contributed by atoms with Crippen LogP contribution in [-0.2, 0) is 11.2 Å². The third kappa shape index (κ3) is 6.17. The van der Waals surface area contributed by atoms with Gasteiger partial charge in [-0.2, -0.15) is 0 Å². The molecular weight excluding hydrogens is 345 g/mol. The highest BCUT2D eigenvalue weighted by Gasteiger charge is 2.17. The van der Waals surface area contributed by atoms with E-state index >= 15 is 0 Å². The van der Waals surface area contributed by atoms with Crippen LogP contribution >= 0.6 is 23.4 Å². The van der Waals surface area contributed by atoms with Gasteiger partial charge in [-0.1, -0.05) is 30.7 Å². The van der Waals surface area contributed by atoms with Crippen molar-refractivity contribution < 1.29 is 9.18 Å². The summed E-state index contributed by atoms with van der Waals surface area (Å²) >= 11 is 7.43. The summed E-state index contributed by atoms with van der Waals surface area (Å²) in [5, 5.41) is 3.57. The van der Waals surface area contributed by atoms with E-state index in [4.69, 9.17) is 11.6 Å². The molecule has 1 N–H and O–H groups in total. The fourth-order valence-electron chi connectivity index (χ4n) is 2.27. The van der Waals surface area contributed by atoms with E-state index in [1.165, 1.54) is 12.1 Å². The highest BCUT2D eigenvalue weighted by molar-refractivity contribution is 8.00. The van der Waals surface area contributed by atoms with Crippen molar-refractivity contribution in [2.24, 2.45) is 0 Å². The first-order chi connectivity index (χ1) is 11.6. The quantitative estimate of drug-likeness (QED) is 0.521. The molecule has 0 saturated heterocycles. The minimum Gasteiger partial charge on any atom is -0.355 e. The zero-order valence-electron chi connectivity index (χ0n) is 13.6. The molecule has 128 valence electrons. The van der Waals surface area contributed by atoms with Gasteiger partial charge in [-0.3, -0.25) is 4.79 Å². The van der Waals surface area contributed by atoms with Crippen LogP contribution in [0.3, 0.4) is 0 Å². The Hall–Kier alpha value is -1.52. The standard InChI is InChI=1S/C19H21ClFNOS/c1-2-18(24-17-11-7-15(20)8-12-17)19(23)22-13-3-4-14-5-9-16(21)10-6-14/h5-12,18H,2-4,13H2,1H3,(H,22,23)/t18-/m1/s1. The van der Waals surface area contributed by atoms with E-state index in [0.717, 1.165) is 29.7 Å². The molecule has 0 spiro atoms. The molecule has 0 fully saturated rings. The number of thioether (sulfide) groups is 1. The topological polar surface area (TPSA) is 29.1 Å². The van der Waals surface area contributed by atoms with E-state index in [1.807, 2.05) is 31.2 Å². The number of carbonyl (C=O) groups is 1. The van der Waals surface area contributed by atoms with E-state index in [9.17, 15) is 9.18 Å². The lowest BCUT2D eigenvalue weighted by molar-refractivity contribution is -0.120. The molecule has 0 aliphatic rings. The lowest BCUT2D eigenvalue weighted by Crippen LogP contribution is -2.33. The summed E-state index contributed by atoms with van der Waals surface area (Å²) in [5.74, 6) is -0.173. The van der Waals surface area contributed by atoms with Gasteiger partial charge in [0.25, 0.3) is 0 Å². The highest BCUT2D eigenvalue weighted by Crippen LogP contribution is 2.26. The van der Waals surface area contributed by atoms with E-state index < -0.39 is 0 Å². The number of carbonyl (C=O) groups excluding carboxylic acids is 1. The zero-order chi connectivity index (χ0) is 17.4. The van der Waals surface area contributed by atoms with Crippen molar-refractivity contribution in [3.63, 3.8) is 0 Å². The molecule has 2 nitrogen and oxygen atoms in total. The highest BCUT2D eigenvalue weighted by atomic mass is 35.5. The van der Waals surface area contributed by atoms with Crippen LogP contribution < -0.4 is 5.32 Å². The van der Waals surface area contributed by atoms with Crippen molar-refractivity contribution in [3.05, 3.63) is 64.9 Å². The average molecular weight is 366 g/mol. The lowest BCUT2D eigenvalue weighted by Gasteiger charge is -2.14. The van der Waals surface area contributed by atoms with E-state index in [0.29, 0.717) is 11.6 Å². The van der Waals surface area contributed by atoms with Gasteiger partial charge in [0.2, 0.25) is 5.91 Å². The number of amides is 1. The summed E-state index contributed by atoms with van der Waals surface area (Å²) in [6, 6.07) is 14.0. The number of halogens is 2. The van der Waals surface area contributed by atoms with Crippen LogP contribution in [0.15, 0.2) is 53.4 Å². The molecular formula is C19H21ClFNOS. The zero-order valence-corrected chi connectivity index (χ0v) is 15.2. The maximum Gasteiger partial charge on any atom is 0.233 e. The molecule has 0 saturated carbocycles. The molecule has 0 radical (unpaired) electrons. The van der Waals surface area contributed by atoms with Gasteiger partial charge in [0, 0.05) is 16.5 Å². The summed E-state index contributed by atoms with van der Waals surface area (Å²) < 4.78 is 12.8. The molecule has 1 atom stereocenters. The van der Waals surface area contributed by atoms with Gasteiger partial charge in [0.15, 0.2) is 0 Å². The van der Waals surface area contributed by atoms with Gasteiger partial charge in [-0.05, 0) is 61.2 Å². The van der Waals surface area contributed by atoms with Gasteiger partial charge in [-0.15, -0.1) is 11.8 Å². The molecule has 0 aliphatic heterocycles. The second-order valence-electron chi connectivity index (χ2n) is 5.49. The van der Waals surface area contributed by atoms with E-state index in [-0.39, 0.29) is 17.0 Å². The first kappa shape index (κ1) is 18.8. The Bertz CT molecular complexity index is 645. The Morgan fingerprint density at radius 3 is 2.46 bits per heavy atom. The van der Waals surface area contributed by atoms with Crippen LogP contribution in [0, 0.1) is 5.82 Å². The summed E-state index contributed by atoms with van der Waals surface area (Å²) in [4.78, 5) is 13.3. The smallest absolute Gasteiger partial charge is 0.233 e. The number of aryl methyl sites for hydroxylation is 1. The molecule has 5 heteroatoms. The van der Waals surface area contributed by atoms with Crippen molar-refractivity contribution >= 4 is 29.3 Å². The SMILES string of the molecule is CC[C@@H](Sc1ccc(Cl)cc1)C(=O)NCCCc1ccc(F)cc1. The first-order valence-corrected chi connectivity index (χ1v) is 9.28. The molecule has 0 aliphatic carbocycles. The Kier molecular flexibility index (Phi) is 7.60. The molecule has 2 rings (SSSR count). The maximum absolute atomic E-state index is 12.8. The van der Waals surface area contributed by atoms with Crippen molar-refractivity contribution in [2.45, 2.75) is 36.3 Å². The molecule has 1 amide bonds. The van der Waals surface area contributed by atoms with Crippen molar-refractivity contribution in [1.29, 1.82) is 0 Å². The van der Waals surface area contributed by atoms with Crippen LogP contribution in [0.1, 0.15) is 25.3 Å². The average Bonchev–Trinajstić information content (AvgIpc) is 2.59. The second kappa shape index (κ2) is 9.70. The summed E-state index contributed by atoms with van der Waals surface area (Å²) in [5.41, 5.74) is 1.08. The molecule has 2 aromatic rings.